The summed E-state index contributed by atoms with van der Waals surface area (Å²) in [4.78, 5) is 8.54. The highest BCUT2D eigenvalue weighted by atomic mass is 19.1. The molecule has 0 saturated heterocycles. The number of nitrogens with zero attached hydrogens (tertiary/aromatic N) is 2. The van der Waals surface area contributed by atoms with E-state index in [2.05, 4.69) is 16.9 Å². The Labute approximate surface area is 137 Å². The highest BCUT2D eigenvalue weighted by Crippen LogP contribution is 2.17. The summed E-state index contributed by atoms with van der Waals surface area (Å²) in [5.74, 6) is 0.999. The molecule has 0 unspecified atom stereocenters. The van der Waals surface area contributed by atoms with Crippen LogP contribution in [-0.4, -0.2) is 16.6 Å². The van der Waals surface area contributed by atoms with Crippen LogP contribution in [-0.2, 0) is 0 Å². The van der Waals surface area contributed by atoms with Gasteiger partial charge in [-0.25, -0.2) is 14.4 Å². The van der Waals surface area contributed by atoms with Gasteiger partial charge in [0.2, 0.25) is 0 Å². The number of rotatable bonds is 10. The van der Waals surface area contributed by atoms with Gasteiger partial charge in [-0.05, 0) is 30.7 Å². The van der Waals surface area contributed by atoms with Crippen molar-refractivity contribution in [2.75, 3.05) is 6.61 Å². The molecule has 1 aromatic heterocycles. The molecule has 0 amide bonds. The molecule has 1 heterocycles. The van der Waals surface area contributed by atoms with Gasteiger partial charge in [0, 0.05) is 5.56 Å². The largest absolute Gasteiger partial charge is 0.490 e. The van der Waals surface area contributed by atoms with Crippen molar-refractivity contribution < 1.29 is 9.13 Å². The fourth-order valence-corrected chi connectivity index (χ4v) is 2.39. The molecule has 3 nitrogen and oxygen atoms in total. The molecule has 0 aliphatic carbocycles. The van der Waals surface area contributed by atoms with E-state index in [1.54, 1.807) is 24.5 Å². The van der Waals surface area contributed by atoms with Gasteiger partial charge in [-0.1, -0.05) is 45.4 Å². The van der Waals surface area contributed by atoms with Gasteiger partial charge >= 0.3 is 0 Å². The predicted molar refractivity (Wildman–Crippen MR) is 90.9 cm³/mol. The molecule has 0 saturated carbocycles. The highest BCUT2D eigenvalue weighted by Gasteiger charge is 2.02. The van der Waals surface area contributed by atoms with E-state index in [9.17, 15) is 4.39 Å². The van der Waals surface area contributed by atoms with E-state index in [0.717, 1.165) is 12.0 Å². The minimum atomic E-state index is -0.261. The molecular formula is C19H25FN2O. The Hall–Kier alpha value is -1.97. The first-order valence-corrected chi connectivity index (χ1v) is 8.50. The maximum Gasteiger partial charge on any atom is 0.159 e. The van der Waals surface area contributed by atoms with Gasteiger partial charge < -0.3 is 4.74 Å². The van der Waals surface area contributed by atoms with Gasteiger partial charge in [0.15, 0.2) is 11.6 Å². The molecule has 2 rings (SSSR count). The zero-order valence-corrected chi connectivity index (χ0v) is 13.8. The molecule has 0 spiro atoms. The summed E-state index contributed by atoms with van der Waals surface area (Å²) in [7, 11) is 0. The molecule has 0 N–H and O–H groups in total. The van der Waals surface area contributed by atoms with E-state index in [1.807, 2.05) is 0 Å². The van der Waals surface area contributed by atoms with E-state index >= 15 is 0 Å². The summed E-state index contributed by atoms with van der Waals surface area (Å²) in [6.07, 6.45) is 12.2. The monoisotopic (exact) mass is 316 g/mol. The van der Waals surface area contributed by atoms with E-state index in [4.69, 9.17) is 4.74 Å². The normalized spacial score (nSPS) is 10.7. The van der Waals surface area contributed by atoms with Gasteiger partial charge in [-0.2, -0.15) is 0 Å². The van der Waals surface area contributed by atoms with Gasteiger partial charge in [0.1, 0.15) is 5.82 Å². The minimum absolute atomic E-state index is 0.261. The van der Waals surface area contributed by atoms with Crippen LogP contribution in [0.2, 0.25) is 0 Å². The maximum atomic E-state index is 12.9. The van der Waals surface area contributed by atoms with Crippen LogP contribution in [0.4, 0.5) is 4.39 Å². The van der Waals surface area contributed by atoms with E-state index < -0.39 is 0 Å². The van der Waals surface area contributed by atoms with Crippen LogP contribution in [0, 0.1) is 5.82 Å². The average molecular weight is 316 g/mol. The third kappa shape index (κ3) is 6.35. The van der Waals surface area contributed by atoms with Crippen molar-refractivity contribution in [3.05, 3.63) is 42.5 Å². The minimum Gasteiger partial charge on any atom is -0.490 e. The summed E-state index contributed by atoms with van der Waals surface area (Å²) in [5.41, 5.74) is 0.796. The third-order valence-corrected chi connectivity index (χ3v) is 3.75. The molecule has 23 heavy (non-hydrogen) atoms. The number of hydrogen-bond acceptors (Lipinski definition) is 3. The molecule has 0 atom stereocenters. The highest BCUT2D eigenvalue weighted by molar-refractivity contribution is 5.54. The van der Waals surface area contributed by atoms with Crippen LogP contribution < -0.4 is 4.74 Å². The zero-order valence-electron chi connectivity index (χ0n) is 13.8. The van der Waals surface area contributed by atoms with Gasteiger partial charge in [-0.15, -0.1) is 0 Å². The summed E-state index contributed by atoms with van der Waals surface area (Å²) < 4.78 is 18.6. The van der Waals surface area contributed by atoms with Crippen LogP contribution >= 0.6 is 0 Å². The van der Waals surface area contributed by atoms with Crippen molar-refractivity contribution in [2.45, 2.75) is 51.9 Å². The fourth-order valence-electron chi connectivity index (χ4n) is 2.39. The number of unbranched alkanes of at least 4 members (excludes halogenated alkanes) is 6. The lowest BCUT2D eigenvalue weighted by molar-refractivity contribution is 0.302. The van der Waals surface area contributed by atoms with Gasteiger partial charge in [0.25, 0.3) is 0 Å². The Morgan fingerprint density at radius 3 is 2.13 bits per heavy atom. The van der Waals surface area contributed by atoms with Crippen LogP contribution in [0.1, 0.15) is 51.9 Å². The van der Waals surface area contributed by atoms with Gasteiger partial charge in [0.05, 0.1) is 19.0 Å². The summed E-state index contributed by atoms with van der Waals surface area (Å²) >= 11 is 0. The Kier molecular flexibility index (Phi) is 7.50. The first-order valence-electron chi connectivity index (χ1n) is 8.50. The summed E-state index contributed by atoms with van der Waals surface area (Å²) in [6, 6.07) is 6.15. The lowest BCUT2D eigenvalue weighted by atomic mass is 10.1. The van der Waals surface area contributed by atoms with Crippen LogP contribution in [0.15, 0.2) is 36.7 Å². The Bertz CT molecular complexity index is 555. The summed E-state index contributed by atoms with van der Waals surface area (Å²) in [5, 5.41) is 0. The van der Waals surface area contributed by atoms with Crippen molar-refractivity contribution in [3.8, 4) is 17.1 Å². The fraction of sp³-hybridized carbons (Fsp3) is 0.474. The molecule has 4 heteroatoms. The molecule has 0 aliphatic rings. The van der Waals surface area contributed by atoms with E-state index in [0.29, 0.717) is 18.2 Å². The Balaban J connectivity index is 1.68. The zero-order chi connectivity index (χ0) is 16.3. The first-order chi connectivity index (χ1) is 11.3. The number of aromatic nitrogens is 2. The molecule has 124 valence electrons. The number of hydrogen-bond donors (Lipinski definition) is 0. The predicted octanol–water partition coefficient (Wildman–Crippen LogP) is 5.41. The standard InChI is InChI=1S/C19H25FN2O/c1-2-3-4-5-6-7-8-13-23-18-14-21-19(22-15-18)16-9-11-17(20)12-10-16/h9-12,14-15H,2-8,13H2,1H3. The topological polar surface area (TPSA) is 35.0 Å². The average Bonchev–Trinajstić information content (AvgIpc) is 2.59. The summed E-state index contributed by atoms with van der Waals surface area (Å²) in [6.45, 7) is 2.93. The second-order valence-corrected chi connectivity index (χ2v) is 5.72. The van der Waals surface area contributed by atoms with Crippen molar-refractivity contribution in [1.29, 1.82) is 0 Å². The Morgan fingerprint density at radius 1 is 0.870 bits per heavy atom. The number of benzene rings is 1. The van der Waals surface area contributed by atoms with Crippen LogP contribution in [0.3, 0.4) is 0 Å². The quantitative estimate of drug-likeness (QED) is 0.550. The molecular weight excluding hydrogens is 291 g/mol. The van der Waals surface area contributed by atoms with E-state index in [-0.39, 0.29) is 5.82 Å². The van der Waals surface area contributed by atoms with Crippen molar-refractivity contribution >= 4 is 0 Å². The van der Waals surface area contributed by atoms with Crippen LogP contribution in [0.5, 0.6) is 5.75 Å². The number of halogens is 1. The molecule has 0 fully saturated rings. The molecule has 0 aliphatic heterocycles. The van der Waals surface area contributed by atoms with Crippen LogP contribution in [0.25, 0.3) is 11.4 Å². The maximum absolute atomic E-state index is 12.9. The molecule has 0 bridgehead atoms. The van der Waals surface area contributed by atoms with Gasteiger partial charge in [-0.3, -0.25) is 0 Å². The molecule has 2 aromatic rings. The first kappa shape index (κ1) is 17.4. The van der Waals surface area contributed by atoms with Crippen molar-refractivity contribution in [1.82, 2.24) is 9.97 Å². The smallest absolute Gasteiger partial charge is 0.159 e. The molecule has 1 aromatic carbocycles. The Morgan fingerprint density at radius 2 is 1.48 bits per heavy atom. The van der Waals surface area contributed by atoms with Crippen molar-refractivity contribution in [2.24, 2.45) is 0 Å². The lowest BCUT2D eigenvalue weighted by Crippen LogP contribution is -1.99. The number of ether oxygens (including phenoxy) is 1. The second kappa shape index (κ2) is 9.93. The van der Waals surface area contributed by atoms with E-state index in [1.165, 1.54) is 50.7 Å². The molecule has 0 radical (unpaired) electrons. The van der Waals surface area contributed by atoms with Crippen molar-refractivity contribution in [3.63, 3.8) is 0 Å². The second-order valence-electron chi connectivity index (χ2n) is 5.72. The third-order valence-electron chi connectivity index (χ3n) is 3.75. The SMILES string of the molecule is CCCCCCCCCOc1cnc(-c2ccc(F)cc2)nc1. The lowest BCUT2D eigenvalue weighted by Gasteiger charge is -2.06.